The van der Waals surface area contributed by atoms with E-state index < -0.39 is 0 Å². The average molecular weight is 315 g/mol. The van der Waals surface area contributed by atoms with Gasteiger partial charge in [-0.25, -0.2) is 0 Å². The van der Waals surface area contributed by atoms with E-state index in [1.165, 1.54) is 10.4 Å². The molecule has 0 aliphatic carbocycles. The maximum atomic E-state index is 6.06. The van der Waals surface area contributed by atoms with Gasteiger partial charge in [-0.2, -0.15) is 0 Å². The molecule has 0 aliphatic heterocycles. The zero-order valence-electron chi connectivity index (χ0n) is 10.7. The van der Waals surface area contributed by atoms with Crippen molar-refractivity contribution in [1.82, 2.24) is 10.3 Å². The lowest BCUT2D eigenvalue weighted by atomic mass is 10.0. The van der Waals surface area contributed by atoms with Gasteiger partial charge in [0.25, 0.3) is 0 Å². The van der Waals surface area contributed by atoms with Gasteiger partial charge in [-0.1, -0.05) is 36.2 Å². The summed E-state index contributed by atoms with van der Waals surface area (Å²) in [6, 6.07) is 6.09. The van der Waals surface area contributed by atoms with Crippen LogP contribution in [0.2, 0.25) is 10.0 Å². The SMILES string of the molecule is CCCNC(Cc1ccc(Cl)c(Cl)c1)c1cncs1. The largest absolute Gasteiger partial charge is 0.309 e. The molecule has 19 heavy (non-hydrogen) atoms. The van der Waals surface area contributed by atoms with Gasteiger partial charge in [-0.3, -0.25) is 4.98 Å². The molecule has 0 bridgehead atoms. The zero-order valence-corrected chi connectivity index (χ0v) is 13.0. The molecule has 1 atom stereocenters. The van der Waals surface area contributed by atoms with Crippen LogP contribution in [0.3, 0.4) is 0 Å². The summed E-state index contributed by atoms with van der Waals surface area (Å²) in [5.74, 6) is 0. The highest BCUT2D eigenvalue weighted by Crippen LogP contribution is 2.26. The van der Waals surface area contributed by atoms with Gasteiger partial charge in [0.15, 0.2) is 0 Å². The molecule has 0 aliphatic rings. The molecule has 1 aromatic heterocycles. The summed E-state index contributed by atoms with van der Waals surface area (Å²) in [5, 5.41) is 4.76. The summed E-state index contributed by atoms with van der Waals surface area (Å²) in [5.41, 5.74) is 3.04. The van der Waals surface area contributed by atoms with Gasteiger partial charge < -0.3 is 5.32 Å². The normalized spacial score (nSPS) is 12.6. The molecule has 2 aromatic rings. The van der Waals surface area contributed by atoms with Crippen LogP contribution in [0.5, 0.6) is 0 Å². The molecule has 0 spiro atoms. The summed E-state index contributed by atoms with van der Waals surface area (Å²) in [6.07, 6.45) is 3.92. The second-order valence-corrected chi connectivity index (χ2v) is 6.10. The monoisotopic (exact) mass is 314 g/mol. The zero-order chi connectivity index (χ0) is 13.7. The third kappa shape index (κ3) is 4.18. The molecule has 0 amide bonds. The van der Waals surface area contributed by atoms with E-state index >= 15 is 0 Å². The van der Waals surface area contributed by atoms with E-state index in [9.17, 15) is 0 Å². The van der Waals surface area contributed by atoms with Crippen LogP contribution in [-0.4, -0.2) is 11.5 Å². The van der Waals surface area contributed by atoms with Crippen LogP contribution < -0.4 is 5.32 Å². The topological polar surface area (TPSA) is 24.9 Å². The molecule has 1 aromatic carbocycles. The van der Waals surface area contributed by atoms with Crippen molar-refractivity contribution in [1.29, 1.82) is 0 Å². The first-order valence-corrected chi connectivity index (χ1v) is 7.90. The number of benzene rings is 1. The highest BCUT2D eigenvalue weighted by Gasteiger charge is 2.13. The maximum Gasteiger partial charge on any atom is 0.0794 e. The Balaban J connectivity index is 2.13. The number of hydrogen-bond donors (Lipinski definition) is 1. The Kier molecular flexibility index (Phi) is 5.64. The van der Waals surface area contributed by atoms with Gasteiger partial charge in [0.05, 0.1) is 15.6 Å². The van der Waals surface area contributed by atoms with Crippen molar-refractivity contribution in [3.8, 4) is 0 Å². The van der Waals surface area contributed by atoms with Crippen molar-refractivity contribution in [2.75, 3.05) is 6.54 Å². The Hall–Kier alpha value is -0.610. The van der Waals surface area contributed by atoms with Crippen LogP contribution in [0.4, 0.5) is 0 Å². The molecule has 5 heteroatoms. The van der Waals surface area contributed by atoms with Crippen molar-refractivity contribution in [3.63, 3.8) is 0 Å². The third-order valence-corrected chi connectivity index (χ3v) is 4.49. The van der Waals surface area contributed by atoms with Gasteiger partial charge >= 0.3 is 0 Å². The molecule has 0 radical (unpaired) electrons. The summed E-state index contributed by atoms with van der Waals surface area (Å²) >= 11 is 13.7. The molecule has 1 unspecified atom stereocenters. The van der Waals surface area contributed by atoms with E-state index in [0.717, 1.165) is 19.4 Å². The molecular weight excluding hydrogens is 299 g/mol. The predicted octanol–water partition coefficient (Wildman–Crippen LogP) is 4.73. The van der Waals surface area contributed by atoms with Crippen LogP contribution in [0.15, 0.2) is 29.9 Å². The second-order valence-electron chi connectivity index (χ2n) is 4.36. The molecule has 2 nitrogen and oxygen atoms in total. The number of aromatic nitrogens is 1. The summed E-state index contributed by atoms with van der Waals surface area (Å²) < 4.78 is 0. The van der Waals surface area contributed by atoms with Crippen LogP contribution in [-0.2, 0) is 6.42 Å². The second kappa shape index (κ2) is 7.25. The number of nitrogens with one attached hydrogen (secondary N) is 1. The van der Waals surface area contributed by atoms with Gasteiger partial charge in [-0.15, -0.1) is 11.3 Å². The first-order valence-electron chi connectivity index (χ1n) is 6.26. The number of hydrogen-bond acceptors (Lipinski definition) is 3. The Bertz CT molecular complexity index is 514. The van der Waals surface area contributed by atoms with Crippen LogP contribution in [0.25, 0.3) is 0 Å². The van der Waals surface area contributed by atoms with E-state index in [2.05, 4.69) is 17.2 Å². The third-order valence-electron chi connectivity index (χ3n) is 2.86. The van der Waals surface area contributed by atoms with Crippen LogP contribution >= 0.6 is 34.5 Å². The maximum absolute atomic E-state index is 6.06. The Labute approximate surface area is 127 Å². The lowest BCUT2D eigenvalue weighted by molar-refractivity contribution is 0.536. The lowest BCUT2D eigenvalue weighted by Crippen LogP contribution is -2.23. The number of thiazole rings is 1. The minimum Gasteiger partial charge on any atom is -0.309 e. The average Bonchev–Trinajstić information content (AvgIpc) is 2.92. The Morgan fingerprint density at radius 2 is 2.16 bits per heavy atom. The van der Waals surface area contributed by atoms with E-state index in [0.29, 0.717) is 10.0 Å². The van der Waals surface area contributed by atoms with Crippen molar-refractivity contribution < 1.29 is 0 Å². The van der Waals surface area contributed by atoms with Crippen LogP contribution in [0, 0.1) is 0 Å². The first-order chi connectivity index (χ1) is 9.20. The fourth-order valence-electron chi connectivity index (χ4n) is 1.89. The Morgan fingerprint density at radius 3 is 2.79 bits per heavy atom. The number of nitrogens with zero attached hydrogens (tertiary/aromatic N) is 1. The van der Waals surface area contributed by atoms with Gasteiger partial charge in [0.2, 0.25) is 0 Å². The molecule has 1 heterocycles. The first kappa shape index (κ1) is 14.8. The van der Waals surface area contributed by atoms with E-state index in [4.69, 9.17) is 23.2 Å². The van der Waals surface area contributed by atoms with Gasteiger partial charge in [0, 0.05) is 17.1 Å². The molecule has 2 rings (SSSR count). The van der Waals surface area contributed by atoms with Gasteiger partial charge in [0.1, 0.15) is 0 Å². The molecule has 1 N–H and O–H groups in total. The van der Waals surface area contributed by atoms with E-state index in [1.54, 1.807) is 11.3 Å². The van der Waals surface area contributed by atoms with E-state index in [1.807, 2.05) is 29.9 Å². The minimum absolute atomic E-state index is 0.282. The lowest BCUT2D eigenvalue weighted by Gasteiger charge is -2.17. The molecular formula is C14H16Cl2N2S. The fraction of sp³-hybridized carbons (Fsp3) is 0.357. The van der Waals surface area contributed by atoms with Crippen molar-refractivity contribution in [3.05, 3.63) is 50.4 Å². The molecule has 102 valence electrons. The predicted molar refractivity (Wildman–Crippen MR) is 83.3 cm³/mol. The quantitative estimate of drug-likeness (QED) is 0.833. The molecule has 0 saturated heterocycles. The highest BCUT2D eigenvalue weighted by atomic mass is 35.5. The Morgan fingerprint density at radius 1 is 1.32 bits per heavy atom. The van der Waals surface area contributed by atoms with Crippen LogP contribution in [0.1, 0.15) is 29.8 Å². The minimum atomic E-state index is 0.282. The van der Waals surface area contributed by atoms with Gasteiger partial charge in [-0.05, 0) is 37.1 Å². The van der Waals surface area contributed by atoms with Crippen molar-refractivity contribution >= 4 is 34.5 Å². The smallest absolute Gasteiger partial charge is 0.0794 e. The molecule has 0 saturated carbocycles. The number of rotatable bonds is 6. The van der Waals surface area contributed by atoms with Crippen molar-refractivity contribution in [2.45, 2.75) is 25.8 Å². The standard InChI is InChI=1S/C14H16Cl2N2S/c1-2-5-18-13(14-8-17-9-19-14)7-10-3-4-11(15)12(16)6-10/h3-4,6,8-9,13,18H,2,5,7H2,1H3. The molecule has 0 fully saturated rings. The summed E-state index contributed by atoms with van der Waals surface area (Å²) in [7, 11) is 0. The highest BCUT2D eigenvalue weighted by molar-refractivity contribution is 7.09. The van der Waals surface area contributed by atoms with E-state index in [-0.39, 0.29) is 6.04 Å². The number of halogens is 2. The van der Waals surface area contributed by atoms with Crippen molar-refractivity contribution in [2.24, 2.45) is 0 Å². The fourth-order valence-corrected chi connectivity index (χ4v) is 2.91. The summed E-state index contributed by atoms with van der Waals surface area (Å²) in [6.45, 7) is 3.15. The summed E-state index contributed by atoms with van der Waals surface area (Å²) in [4.78, 5) is 5.41.